The zero-order valence-electron chi connectivity index (χ0n) is 12.8. The Kier molecular flexibility index (Phi) is 3.29. The lowest BCUT2D eigenvalue weighted by Gasteiger charge is -2.17. The Balaban J connectivity index is 1.62. The Labute approximate surface area is 133 Å². The molecule has 1 amide bonds. The Morgan fingerprint density at radius 1 is 1.26 bits per heavy atom. The predicted octanol–water partition coefficient (Wildman–Crippen LogP) is 3.06. The number of anilines is 1. The highest BCUT2D eigenvalue weighted by Gasteiger charge is 2.18. The maximum absolute atomic E-state index is 12.4. The second-order valence-corrected chi connectivity index (χ2v) is 5.72. The van der Waals surface area contributed by atoms with E-state index in [-0.39, 0.29) is 11.7 Å². The summed E-state index contributed by atoms with van der Waals surface area (Å²) in [6, 6.07) is 5.16. The molecule has 6 nitrogen and oxygen atoms in total. The molecule has 0 unspecified atom stereocenters. The van der Waals surface area contributed by atoms with Crippen molar-refractivity contribution in [1.29, 1.82) is 0 Å². The van der Waals surface area contributed by atoms with Crippen LogP contribution in [0.2, 0.25) is 0 Å². The average Bonchev–Trinajstić information content (AvgIpc) is 2.99. The fourth-order valence-corrected chi connectivity index (χ4v) is 2.98. The van der Waals surface area contributed by atoms with Crippen molar-refractivity contribution in [3.8, 4) is 0 Å². The number of aromatic nitrogens is 3. The van der Waals surface area contributed by atoms with Crippen molar-refractivity contribution in [1.82, 2.24) is 15.0 Å². The number of carbonyl (C=O) groups excluding carboxylic acids is 1. The van der Waals surface area contributed by atoms with Crippen LogP contribution in [0, 0.1) is 6.92 Å². The van der Waals surface area contributed by atoms with E-state index in [9.17, 15) is 4.79 Å². The number of aryl methyl sites for hydroxylation is 2. The SMILES string of the molecule is Cc1nc(NC(=O)c2cc3ncccc3o2)nc2c1CCCC2. The van der Waals surface area contributed by atoms with Gasteiger partial charge in [-0.1, -0.05) is 0 Å². The lowest BCUT2D eigenvalue weighted by Crippen LogP contribution is -2.17. The molecule has 1 aliphatic rings. The molecule has 0 bridgehead atoms. The van der Waals surface area contributed by atoms with Crippen molar-refractivity contribution < 1.29 is 9.21 Å². The zero-order valence-corrected chi connectivity index (χ0v) is 12.8. The molecule has 3 heterocycles. The highest BCUT2D eigenvalue weighted by atomic mass is 16.3. The smallest absolute Gasteiger partial charge is 0.293 e. The first kappa shape index (κ1) is 13.9. The summed E-state index contributed by atoms with van der Waals surface area (Å²) >= 11 is 0. The molecule has 1 N–H and O–H groups in total. The Hall–Kier alpha value is -2.76. The lowest BCUT2D eigenvalue weighted by atomic mass is 9.95. The van der Waals surface area contributed by atoms with E-state index in [1.807, 2.05) is 6.92 Å². The van der Waals surface area contributed by atoms with Gasteiger partial charge < -0.3 is 4.42 Å². The highest BCUT2D eigenvalue weighted by molar-refractivity contribution is 6.03. The summed E-state index contributed by atoms with van der Waals surface area (Å²) in [6.07, 6.45) is 5.93. The molecular formula is C17H16N4O2. The molecule has 1 aliphatic carbocycles. The molecule has 0 saturated heterocycles. The number of furan rings is 1. The van der Waals surface area contributed by atoms with Crippen LogP contribution in [0.3, 0.4) is 0 Å². The zero-order chi connectivity index (χ0) is 15.8. The topological polar surface area (TPSA) is 80.9 Å². The van der Waals surface area contributed by atoms with Gasteiger partial charge in [0.15, 0.2) is 11.3 Å². The quantitative estimate of drug-likeness (QED) is 0.787. The predicted molar refractivity (Wildman–Crippen MR) is 85.4 cm³/mol. The molecule has 4 rings (SSSR count). The summed E-state index contributed by atoms with van der Waals surface area (Å²) in [5.74, 6) is 0.178. The third-order valence-electron chi connectivity index (χ3n) is 4.13. The minimum Gasteiger partial charge on any atom is -0.449 e. The number of hydrogen-bond donors (Lipinski definition) is 1. The molecule has 6 heteroatoms. The van der Waals surface area contributed by atoms with Gasteiger partial charge >= 0.3 is 0 Å². The number of amides is 1. The van der Waals surface area contributed by atoms with Gasteiger partial charge in [-0.25, -0.2) is 9.97 Å². The maximum Gasteiger partial charge on any atom is 0.293 e. The van der Waals surface area contributed by atoms with Gasteiger partial charge in [-0.2, -0.15) is 0 Å². The number of rotatable bonds is 2. The minimum absolute atomic E-state index is 0.206. The van der Waals surface area contributed by atoms with E-state index in [4.69, 9.17) is 4.42 Å². The van der Waals surface area contributed by atoms with Crippen LogP contribution in [0.5, 0.6) is 0 Å². The van der Waals surface area contributed by atoms with Gasteiger partial charge in [0.2, 0.25) is 5.95 Å². The normalized spacial score (nSPS) is 13.8. The molecular weight excluding hydrogens is 292 g/mol. The van der Waals surface area contributed by atoms with Gasteiger partial charge in [-0.05, 0) is 50.3 Å². The average molecular weight is 308 g/mol. The Morgan fingerprint density at radius 2 is 2.13 bits per heavy atom. The number of nitrogens with one attached hydrogen (secondary N) is 1. The van der Waals surface area contributed by atoms with Crippen LogP contribution in [-0.2, 0) is 12.8 Å². The molecule has 116 valence electrons. The highest BCUT2D eigenvalue weighted by Crippen LogP contribution is 2.23. The maximum atomic E-state index is 12.4. The molecule has 0 aromatic carbocycles. The standard InChI is InChI=1S/C17H16N4O2/c1-10-11-5-2-3-6-12(11)20-17(19-10)21-16(22)15-9-13-14(23-15)7-4-8-18-13/h4,7-9H,2-3,5-6H2,1H3,(H,19,20,21,22). The van der Waals surface area contributed by atoms with Gasteiger partial charge in [-0.3, -0.25) is 15.1 Å². The monoisotopic (exact) mass is 308 g/mol. The van der Waals surface area contributed by atoms with E-state index in [1.54, 1.807) is 24.4 Å². The van der Waals surface area contributed by atoms with Crippen molar-refractivity contribution in [2.75, 3.05) is 5.32 Å². The second-order valence-electron chi connectivity index (χ2n) is 5.72. The van der Waals surface area contributed by atoms with Crippen LogP contribution in [0.4, 0.5) is 5.95 Å². The van der Waals surface area contributed by atoms with Crippen LogP contribution in [-0.4, -0.2) is 20.9 Å². The van der Waals surface area contributed by atoms with Crippen LogP contribution in [0.1, 0.15) is 40.3 Å². The molecule has 0 atom stereocenters. The largest absolute Gasteiger partial charge is 0.449 e. The van der Waals surface area contributed by atoms with E-state index in [0.29, 0.717) is 17.0 Å². The molecule has 0 radical (unpaired) electrons. The van der Waals surface area contributed by atoms with Gasteiger partial charge in [0.1, 0.15) is 5.52 Å². The van der Waals surface area contributed by atoms with E-state index >= 15 is 0 Å². The van der Waals surface area contributed by atoms with Crippen molar-refractivity contribution >= 4 is 23.0 Å². The molecule has 3 aromatic rings. The van der Waals surface area contributed by atoms with E-state index < -0.39 is 0 Å². The molecule has 0 fully saturated rings. The Bertz CT molecular complexity index is 868. The molecule has 0 spiro atoms. The molecule has 0 aliphatic heterocycles. The van der Waals surface area contributed by atoms with Gasteiger partial charge in [0.25, 0.3) is 5.91 Å². The molecule has 3 aromatic heterocycles. The van der Waals surface area contributed by atoms with Crippen molar-refractivity contribution in [3.63, 3.8) is 0 Å². The third kappa shape index (κ3) is 2.56. The van der Waals surface area contributed by atoms with E-state index in [0.717, 1.165) is 30.7 Å². The number of fused-ring (bicyclic) bond motifs is 2. The van der Waals surface area contributed by atoms with Crippen molar-refractivity contribution in [3.05, 3.63) is 47.1 Å². The van der Waals surface area contributed by atoms with Crippen LogP contribution in [0.25, 0.3) is 11.1 Å². The number of carbonyl (C=O) groups is 1. The minimum atomic E-state index is -0.363. The number of nitrogens with zero attached hydrogens (tertiary/aromatic N) is 3. The first-order valence-electron chi connectivity index (χ1n) is 7.73. The summed E-state index contributed by atoms with van der Waals surface area (Å²) in [7, 11) is 0. The van der Waals surface area contributed by atoms with E-state index in [2.05, 4.69) is 20.3 Å². The summed E-state index contributed by atoms with van der Waals surface area (Å²) in [5.41, 5.74) is 4.45. The van der Waals surface area contributed by atoms with Gasteiger partial charge in [0.05, 0.1) is 0 Å². The van der Waals surface area contributed by atoms with E-state index in [1.165, 1.54) is 12.0 Å². The van der Waals surface area contributed by atoms with Gasteiger partial charge in [-0.15, -0.1) is 0 Å². The van der Waals surface area contributed by atoms with Crippen LogP contribution >= 0.6 is 0 Å². The van der Waals surface area contributed by atoms with Crippen molar-refractivity contribution in [2.45, 2.75) is 32.6 Å². The first-order chi connectivity index (χ1) is 11.2. The molecule has 23 heavy (non-hydrogen) atoms. The third-order valence-corrected chi connectivity index (χ3v) is 4.13. The summed E-state index contributed by atoms with van der Waals surface area (Å²) < 4.78 is 5.51. The van der Waals surface area contributed by atoms with Crippen LogP contribution in [0.15, 0.2) is 28.8 Å². The summed E-state index contributed by atoms with van der Waals surface area (Å²) in [4.78, 5) is 25.4. The fourth-order valence-electron chi connectivity index (χ4n) is 2.98. The fraction of sp³-hybridized carbons (Fsp3) is 0.294. The van der Waals surface area contributed by atoms with Gasteiger partial charge in [0, 0.05) is 23.7 Å². The first-order valence-corrected chi connectivity index (χ1v) is 7.73. The summed E-state index contributed by atoms with van der Waals surface area (Å²) in [6.45, 7) is 1.96. The number of hydrogen-bond acceptors (Lipinski definition) is 5. The lowest BCUT2D eigenvalue weighted by molar-refractivity contribution is 0.0998. The Morgan fingerprint density at radius 3 is 3.00 bits per heavy atom. The van der Waals surface area contributed by atoms with Crippen LogP contribution < -0.4 is 5.32 Å². The summed E-state index contributed by atoms with van der Waals surface area (Å²) in [5, 5.41) is 2.73. The second kappa shape index (κ2) is 5.46. The van der Waals surface area contributed by atoms with Crippen molar-refractivity contribution in [2.24, 2.45) is 0 Å². The molecule has 0 saturated carbocycles. The number of pyridine rings is 1.